The van der Waals surface area contributed by atoms with Crippen LogP contribution in [-0.4, -0.2) is 48.8 Å². The molecule has 1 aliphatic rings. The van der Waals surface area contributed by atoms with Gasteiger partial charge in [-0.1, -0.05) is 0 Å². The SMILES string of the molecule is COC1COC(CO)C(O)C1. The number of hydrogen-bond acceptors (Lipinski definition) is 4. The summed E-state index contributed by atoms with van der Waals surface area (Å²) in [5, 5.41) is 18.0. The van der Waals surface area contributed by atoms with E-state index in [9.17, 15) is 5.11 Å². The van der Waals surface area contributed by atoms with Gasteiger partial charge in [0.05, 0.1) is 25.4 Å². The zero-order chi connectivity index (χ0) is 8.27. The molecule has 1 aliphatic heterocycles. The third kappa shape index (κ3) is 2.13. The molecule has 0 radical (unpaired) electrons. The first-order valence-corrected chi connectivity index (χ1v) is 3.71. The molecular weight excluding hydrogens is 148 g/mol. The molecule has 1 heterocycles. The van der Waals surface area contributed by atoms with Crippen molar-refractivity contribution in [1.29, 1.82) is 0 Å². The Morgan fingerprint density at radius 2 is 2.36 bits per heavy atom. The van der Waals surface area contributed by atoms with E-state index >= 15 is 0 Å². The Labute approximate surface area is 65.7 Å². The summed E-state index contributed by atoms with van der Waals surface area (Å²) in [5.74, 6) is 0. The average molecular weight is 162 g/mol. The van der Waals surface area contributed by atoms with Crippen LogP contribution >= 0.6 is 0 Å². The largest absolute Gasteiger partial charge is 0.394 e. The minimum absolute atomic E-state index is 0.0344. The Morgan fingerprint density at radius 1 is 1.64 bits per heavy atom. The van der Waals surface area contributed by atoms with Gasteiger partial charge in [0, 0.05) is 13.5 Å². The Kier molecular flexibility index (Phi) is 3.26. The topological polar surface area (TPSA) is 58.9 Å². The van der Waals surface area contributed by atoms with Crippen LogP contribution in [0.1, 0.15) is 6.42 Å². The van der Waals surface area contributed by atoms with Crippen molar-refractivity contribution in [1.82, 2.24) is 0 Å². The van der Waals surface area contributed by atoms with Crippen LogP contribution in [0.15, 0.2) is 0 Å². The van der Waals surface area contributed by atoms with Crippen molar-refractivity contribution in [3.05, 3.63) is 0 Å². The maximum absolute atomic E-state index is 9.31. The second kappa shape index (κ2) is 4.01. The van der Waals surface area contributed by atoms with E-state index in [4.69, 9.17) is 14.6 Å². The van der Waals surface area contributed by atoms with Gasteiger partial charge < -0.3 is 19.7 Å². The first kappa shape index (κ1) is 8.93. The summed E-state index contributed by atoms with van der Waals surface area (Å²) in [6, 6.07) is 0. The number of rotatable bonds is 2. The lowest BCUT2D eigenvalue weighted by molar-refractivity contribution is -0.144. The van der Waals surface area contributed by atoms with Gasteiger partial charge in [0.25, 0.3) is 0 Å². The van der Waals surface area contributed by atoms with Gasteiger partial charge >= 0.3 is 0 Å². The summed E-state index contributed by atoms with van der Waals surface area (Å²) in [4.78, 5) is 0. The summed E-state index contributed by atoms with van der Waals surface area (Å²) >= 11 is 0. The zero-order valence-corrected chi connectivity index (χ0v) is 6.56. The molecular formula is C7H14O4. The molecule has 4 nitrogen and oxygen atoms in total. The van der Waals surface area contributed by atoms with Crippen molar-refractivity contribution in [2.45, 2.75) is 24.7 Å². The average Bonchev–Trinajstić information content (AvgIpc) is 2.04. The first-order valence-electron chi connectivity index (χ1n) is 3.71. The van der Waals surface area contributed by atoms with Crippen molar-refractivity contribution in [2.24, 2.45) is 0 Å². The van der Waals surface area contributed by atoms with Gasteiger partial charge in [0.1, 0.15) is 6.10 Å². The quantitative estimate of drug-likeness (QED) is 0.555. The van der Waals surface area contributed by atoms with E-state index in [1.54, 1.807) is 7.11 Å². The van der Waals surface area contributed by atoms with Crippen molar-refractivity contribution in [3.8, 4) is 0 Å². The van der Waals surface area contributed by atoms with E-state index in [2.05, 4.69) is 0 Å². The molecule has 0 bridgehead atoms. The molecule has 66 valence electrons. The molecule has 4 heteroatoms. The fourth-order valence-corrected chi connectivity index (χ4v) is 1.17. The highest BCUT2D eigenvalue weighted by Crippen LogP contribution is 2.15. The van der Waals surface area contributed by atoms with E-state index in [-0.39, 0.29) is 12.7 Å². The van der Waals surface area contributed by atoms with Gasteiger partial charge in [-0.15, -0.1) is 0 Å². The normalized spacial score (nSPS) is 39.0. The van der Waals surface area contributed by atoms with Crippen LogP contribution in [-0.2, 0) is 9.47 Å². The van der Waals surface area contributed by atoms with Crippen LogP contribution in [0.25, 0.3) is 0 Å². The molecule has 2 N–H and O–H groups in total. The number of aliphatic hydroxyl groups excluding tert-OH is 2. The molecule has 3 atom stereocenters. The summed E-state index contributed by atoms with van der Waals surface area (Å²) in [7, 11) is 1.58. The maximum atomic E-state index is 9.31. The number of aliphatic hydroxyl groups is 2. The van der Waals surface area contributed by atoms with Crippen LogP contribution in [0.4, 0.5) is 0 Å². The molecule has 0 spiro atoms. The minimum Gasteiger partial charge on any atom is -0.394 e. The third-order valence-electron chi connectivity index (χ3n) is 1.94. The monoisotopic (exact) mass is 162 g/mol. The van der Waals surface area contributed by atoms with Crippen molar-refractivity contribution in [3.63, 3.8) is 0 Å². The highest BCUT2D eigenvalue weighted by molar-refractivity contribution is 4.77. The molecule has 0 saturated carbocycles. The van der Waals surface area contributed by atoms with Crippen molar-refractivity contribution < 1.29 is 19.7 Å². The predicted molar refractivity (Wildman–Crippen MR) is 38.2 cm³/mol. The highest BCUT2D eigenvalue weighted by atomic mass is 16.5. The second-order valence-corrected chi connectivity index (χ2v) is 2.72. The van der Waals surface area contributed by atoms with Crippen molar-refractivity contribution in [2.75, 3.05) is 20.3 Å². The van der Waals surface area contributed by atoms with Crippen LogP contribution < -0.4 is 0 Å². The lowest BCUT2D eigenvalue weighted by atomic mass is 10.0. The number of methoxy groups -OCH3 is 1. The number of hydrogen-bond donors (Lipinski definition) is 2. The minimum atomic E-state index is -0.598. The van der Waals surface area contributed by atoms with E-state index < -0.39 is 12.2 Å². The van der Waals surface area contributed by atoms with Crippen LogP contribution in [0.2, 0.25) is 0 Å². The summed E-state index contributed by atoms with van der Waals surface area (Å²) in [5.41, 5.74) is 0. The molecule has 1 saturated heterocycles. The third-order valence-corrected chi connectivity index (χ3v) is 1.94. The number of ether oxygens (including phenoxy) is 2. The van der Waals surface area contributed by atoms with Gasteiger partial charge in [-0.25, -0.2) is 0 Å². The Morgan fingerprint density at radius 3 is 2.82 bits per heavy atom. The van der Waals surface area contributed by atoms with E-state index in [0.717, 1.165) is 0 Å². The molecule has 0 aromatic carbocycles. The summed E-state index contributed by atoms with van der Waals surface area (Å²) in [6.45, 7) is 0.330. The predicted octanol–water partition coefficient (Wildman–Crippen LogP) is -0.857. The molecule has 0 aliphatic carbocycles. The summed E-state index contributed by atoms with van der Waals surface area (Å²) in [6.07, 6.45) is -0.519. The lowest BCUT2D eigenvalue weighted by Crippen LogP contribution is -2.43. The smallest absolute Gasteiger partial charge is 0.107 e. The van der Waals surface area contributed by atoms with Crippen LogP contribution in [0.3, 0.4) is 0 Å². The van der Waals surface area contributed by atoms with Crippen LogP contribution in [0.5, 0.6) is 0 Å². The molecule has 0 amide bonds. The van der Waals surface area contributed by atoms with Crippen LogP contribution in [0, 0.1) is 0 Å². The fourth-order valence-electron chi connectivity index (χ4n) is 1.17. The van der Waals surface area contributed by atoms with Gasteiger partial charge in [-0.2, -0.15) is 0 Å². The standard InChI is InChI=1S/C7H14O4/c1-10-5-2-6(9)7(3-8)11-4-5/h5-9H,2-4H2,1H3. The highest BCUT2D eigenvalue weighted by Gasteiger charge is 2.28. The molecule has 3 unspecified atom stereocenters. The van der Waals surface area contributed by atoms with Crippen molar-refractivity contribution >= 4 is 0 Å². The zero-order valence-electron chi connectivity index (χ0n) is 6.56. The van der Waals surface area contributed by atoms with Gasteiger partial charge in [0.15, 0.2) is 0 Å². The molecule has 11 heavy (non-hydrogen) atoms. The first-order chi connectivity index (χ1) is 5.27. The van der Waals surface area contributed by atoms with Gasteiger partial charge in [-0.3, -0.25) is 0 Å². The second-order valence-electron chi connectivity index (χ2n) is 2.72. The molecule has 1 rings (SSSR count). The molecule has 0 aromatic heterocycles. The van der Waals surface area contributed by atoms with E-state index in [1.807, 2.05) is 0 Å². The lowest BCUT2D eigenvalue weighted by Gasteiger charge is -2.31. The van der Waals surface area contributed by atoms with E-state index in [1.165, 1.54) is 0 Å². The Balaban J connectivity index is 2.34. The fraction of sp³-hybridized carbons (Fsp3) is 1.00. The Hall–Kier alpha value is -0.160. The van der Waals surface area contributed by atoms with E-state index in [0.29, 0.717) is 13.0 Å². The maximum Gasteiger partial charge on any atom is 0.107 e. The van der Waals surface area contributed by atoms with Gasteiger partial charge in [-0.05, 0) is 0 Å². The Bertz CT molecular complexity index is 117. The molecule has 0 aromatic rings. The summed E-state index contributed by atoms with van der Waals surface area (Å²) < 4.78 is 10.1. The van der Waals surface area contributed by atoms with Gasteiger partial charge in [0.2, 0.25) is 0 Å². The molecule has 1 fully saturated rings.